The van der Waals surface area contributed by atoms with Crippen LogP contribution in [0.2, 0.25) is 0 Å². The second kappa shape index (κ2) is 7.91. The van der Waals surface area contributed by atoms with Gasteiger partial charge in [0.25, 0.3) is 0 Å². The zero-order valence-electron chi connectivity index (χ0n) is 15.4. The van der Waals surface area contributed by atoms with E-state index in [1.165, 1.54) is 6.33 Å². The first-order chi connectivity index (χ1) is 12.6. The highest BCUT2D eigenvalue weighted by molar-refractivity contribution is 5.85. The van der Waals surface area contributed by atoms with Gasteiger partial charge in [-0.1, -0.05) is 0 Å². The van der Waals surface area contributed by atoms with E-state index in [0.29, 0.717) is 23.9 Å². The van der Waals surface area contributed by atoms with E-state index >= 15 is 0 Å². The number of rotatable bonds is 7. The normalized spacial score (nSPS) is 10.8. The van der Waals surface area contributed by atoms with Crippen molar-refractivity contribution in [2.45, 2.75) is 26.6 Å². The van der Waals surface area contributed by atoms with Crippen LogP contribution in [0.5, 0.6) is 23.0 Å². The predicted octanol–water partition coefficient (Wildman–Crippen LogP) is 4.01. The summed E-state index contributed by atoms with van der Waals surface area (Å²) in [5.74, 6) is 2.83. The number of fused-ring (bicyclic) bond motifs is 1. The van der Waals surface area contributed by atoms with E-state index in [9.17, 15) is 0 Å². The van der Waals surface area contributed by atoms with Crippen LogP contribution in [0, 0.1) is 0 Å². The lowest BCUT2D eigenvalue weighted by atomic mass is 10.2. The molecule has 0 radical (unpaired) electrons. The van der Waals surface area contributed by atoms with Gasteiger partial charge in [0.2, 0.25) is 0 Å². The number of benzene rings is 2. The molecule has 3 rings (SSSR count). The molecule has 0 amide bonds. The number of hydrogen-bond donors (Lipinski definition) is 0. The first-order valence-corrected chi connectivity index (χ1v) is 8.35. The maximum absolute atomic E-state index is 5.98. The Morgan fingerprint density at radius 2 is 1.77 bits per heavy atom. The molecule has 2 aromatic carbocycles. The third kappa shape index (κ3) is 3.96. The van der Waals surface area contributed by atoms with Crippen molar-refractivity contribution in [1.29, 1.82) is 0 Å². The summed E-state index contributed by atoms with van der Waals surface area (Å²) in [5.41, 5.74) is 1.69. The lowest BCUT2D eigenvalue weighted by molar-refractivity contribution is 0.242. The molecule has 1 aromatic heterocycles. The van der Waals surface area contributed by atoms with Crippen LogP contribution in [0.1, 0.15) is 19.4 Å². The SMILES string of the molecule is COc1ccc(COc2cc(OC(C)C)c3cncnc3c2)c(OC)c1. The van der Waals surface area contributed by atoms with Gasteiger partial charge in [-0.15, -0.1) is 0 Å². The Bertz CT molecular complexity index is 896. The molecule has 0 saturated heterocycles. The molecule has 0 bridgehead atoms. The number of methoxy groups -OCH3 is 2. The van der Waals surface area contributed by atoms with Gasteiger partial charge in [-0.3, -0.25) is 0 Å². The molecule has 0 aliphatic carbocycles. The minimum absolute atomic E-state index is 0.0374. The van der Waals surface area contributed by atoms with Gasteiger partial charge in [-0.05, 0) is 26.0 Å². The molecule has 136 valence electrons. The van der Waals surface area contributed by atoms with Crippen molar-refractivity contribution in [3.63, 3.8) is 0 Å². The fourth-order valence-electron chi connectivity index (χ4n) is 2.59. The maximum atomic E-state index is 5.98. The van der Waals surface area contributed by atoms with Crippen LogP contribution in [-0.2, 0) is 6.61 Å². The van der Waals surface area contributed by atoms with E-state index < -0.39 is 0 Å². The van der Waals surface area contributed by atoms with Crippen LogP contribution in [0.4, 0.5) is 0 Å². The van der Waals surface area contributed by atoms with Crippen molar-refractivity contribution in [1.82, 2.24) is 9.97 Å². The molecule has 0 aliphatic rings. The fraction of sp³-hybridized carbons (Fsp3) is 0.300. The molecule has 0 N–H and O–H groups in total. The molecule has 3 aromatic rings. The molecule has 0 unspecified atom stereocenters. The zero-order chi connectivity index (χ0) is 18.5. The third-order valence-corrected chi connectivity index (χ3v) is 3.81. The summed E-state index contributed by atoms with van der Waals surface area (Å²) >= 11 is 0. The Balaban J connectivity index is 1.87. The van der Waals surface area contributed by atoms with Gasteiger partial charge in [0.1, 0.15) is 35.9 Å². The Morgan fingerprint density at radius 1 is 0.962 bits per heavy atom. The Hall–Kier alpha value is -3.02. The van der Waals surface area contributed by atoms with Gasteiger partial charge in [0.15, 0.2) is 0 Å². The average Bonchev–Trinajstić information content (AvgIpc) is 2.65. The third-order valence-electron chi connectivity index (χ3n) is 3.81. The van der Waals surface area contributed by atoms with Crippen molar-refractivity contribution in [2.75, 3.05) is 14.2 Å². The molecule has 1 heterocycles. The highest BCUT2D eigenvalue weighted by Crippen LogP contribution is 2.32. The van der Waals surface area contributed by atoms with E-state index in [2.05, 4.69) is 9.97 Å². The van der Waals surface area contributed by atoms with Crippen molar-refractivity contribution in [3.8, 4) is 23.0 Å². The quantitative estimate of drug-likeness (QED) is 0.639. The summed E-state index contributed by atoms with van der Waals surface area (Å²) < 4.78 is 22.5. The lowest BCUT2D eigenvalue weighted by Gasteiger charge is -2.15. The number of hydrogen-bond acceptors (Lipinski definition) is 6. The molecule has 0 aliphatic heterocycles. The fourth-order valence-corrected chi connectivity index (χ4v) is 2.59. The summed E-state index contributed by atoms with van der Waals surface area (Å²) in [4.78, 5) is 8.39. The van der Waals surface area contributed by atoms with E-state index in [1.54, 1.807) is 20.4 Å². The largest absolute Gasteiger partial charge is 0.497 e. The van der Waals surface area contributed by atoms with Crippen molar-refractivity contribution >= 4 is 10.9 Å². The molecule has 0 saturated carbocycles. The first kappa shape index (κ1) is 17.8. The summed E-state index contributed by atoms with van der Waals surface area (Å²) in [7, 11) is 3.25. The lowest BCUT2D eigenvalue weighted by Crippen LogP contribution is -2.06. The molecule has 0 atom stereocenters. The van der Waals surface area contributed by atoms with Crippen LogP contribution in [-0.4, -0.2) is 30.3 Å². The van der Waals surface area contributed by atoms with Crippen LogP contribution < -0.4 is 18.9 Å². The molecule has 6 heteroatoms. The minimum Gasteiger partial charge on any atom is -0.497 e. The molecular formula is C20H22N2O4. The number of nitrogens with zero attached hydrogens (tertiary/aromatic N) is 2. The van der Waals surface area contributed by atoms with Crippen LogP contribution in [0.25, 0.3) is 10.9 Å². The van der Waals surface area contributed by atoms with Crippen LogP contribution >= 0.6 is 0 Å². The standard InChI is InChI=1S/C20H22N2O4/c1-13(2)26-20-9-16(7-18-17(20)10-21-12-22-18)25-11-14-5-6-15(23-3)8-19(14)24-4/h5-10,12-13H,11H2,1-4H3. The van der Waals surface area contributed by atoms with Crippen molar-refractivity contribution in [3.05, 3.63) is 48.4 Å². The molecule has 0 fully saturated rings. The van der Waals surface area contributed by atoms with Crippen LogP contribution in [0.3, 0.4) is 0 Å². The molecular weight excluding hydrogens is 332 g/mol. The summed E-state index contributed by atoms with van der Waals surface area (Å²) in [6, 6.07) is 9.37. The van der Waals surface area contributed by atoms with Crippen molar-refractivity contribution in [2.24, 2.45) is 0 Å². The van der Waals surface area contributed by atoms with E-state index in [1.807, 2.05) is 44.2 Å². The monoisotopic (exact) mass is 354 g/mol. The minimum atomic E-state index is 0.0374. The average molecular weight is 354 g/mol. The van der Waals surface area contributed by atoms with Gasteiger partial charge in [-0.2, -0.15) is 0 Å². The van der Waals surface area contributed by atoms with Gasteiger partial charge >= 0.3 is 0 Å². The van der Waals surface area contributed by atoms with Gasteiger partial charge in [-0.25, -0.2) is 9.97 Å². The molecule has 6 nitrogen and oxygen atoms in total. The second-order valence-electron chi connectivity index (χ2n) is 6.01. The number of ether oxygens (including phenoxy) is 4. The summed E-state index contributed by atoms with van der Waals surface area (Å²) in [6.45, 7) is 4.31. The van der Waals surface area contributed by atoms with E-state index in [-0.39, 0.29) is 6.10 Å². The van der Waals surface area contributed by atoms with Gasteiger partial charge in [0.05, 0.1) is 31.2 Å². The zero-order valence-corrected chi connectivity index (χ0v) is 15.4. The number of aromatic nitrogens is 2. The smallest absolute Gasteiger partial charge is 0.134 e. The second-order valence-corrected chi connectivity index (χ2v) is 6.01. The van der Waals surface area contributed by atoms with E-state index in [0.717, 1.165) is 22.2 Å². The summed E-state index contributed by atoms with van der Waals surface area (Å²) in [6.07, 6.45) is 3.30. The Labute approximate surface area is 152 Å². The highest BCUT2D eigenvalue weighted by Gasteiger charge is 2.11. The summed E-state index contributed by atoms with van der Waals surface area (Å²) in [5, 5.41) is 0.857. The van der Waals surface area contributed by atoms with Gasteiger partial charge in [0, 0.05) is 30.0 Å². The first-order valence-electron chi connectivity index (χ1n) is 8.35. The predicted molar refractivity (Wildman–Crippen MR) is 99.2 cm³/mol. The topological polar surface area (TPSA) is 62.7 Å². The van der Waals surface area contributed by atoms with Crippen LogP contribution in [0.15, 0.2) is 42.9 Å². The Kier molecular flexibility index (Phi) is 5.41. The molecule has 26 heavy (non-hydrogen) atoms. The molecule has 0 spiro atoms. The van der Waals surface area contributed by atoms with E-state index in [4.69, 9.17) is 18.9 Å². The maximum Gasteiger partial charge on any atom is 0.134 e. The van der Waals surface area contributed by atoms with Crippen molar-refractivity contribution < 1.29 is 18.9 Å². The highest BCUT2D eigenvalue weighted by atomic mass is 16.5. The Morgan fingerprint density at radius 3 is 2.50 bits per heavy atom. The van der Waals surface area contributed by atoms with Gasteiger partial charge < -0.3 is 18.9 Å².